The Kier molecular flexibility index (Phi) is 7.38. The van der Waals surface area contributed by atoms with Crippen molar-refractivity contribution in [2.75, 3.05) is 18.5 Å². The van der Waals surface area contributed by atoms with Crippen molar-refractivity contribution in [3.63, 3.8) is 0 Å². The molecule has 1 aromatic carbocycles. The highest BCUT2D eigenvalue weighted by molar-refractivity contribution is 7.89. The Balaban J connectivity index is 1.83. The third kappa shape index (κ3) is 5.09. The number of sulfonamides is 1. The first-order valence-electron chi connectivity index (χ1n) is 9.59. The monoisotopic (exact) mass is 488 g/mol. The lowest BCUT2D eigenvalue weighted by molar-refractivity contribution is -0.117. The van der Waals surface area contributed by atoms with Crippen molar-refractivity contribution in [1.82, 2.24) is 14.1 Å². The van der Waals surface area contributed by atoms with Gasteiger partial charge in [0.15, 0.2) is 0 Å². The fraction of sp³-hybridized carbons (Fsp3) is 0.421. The van der Waals surface area contributed by atoms with E-state index in [4.69, 9.17) is 23.2 Å². The van der Waals surface area contributed by atoms with Crippen LogP contribution in [0, 0.1) is 6.92 Å². The van der Waals surface area contributed by atoms with Crippen LogP contribution in [0.5, 0.6) is 0 Å². The highest BCUT2D eigenvalue weighted by atomic mass is 35.5. The second kappa shape index (κ2) is 9.66. The fourth-order valence-electron chi connectivity index (χ4n) is 3.45. The number of hydrogen-bond donors (Lipinski definition) is 2. The normalized spacial score (nSPS) is 17.5. The Morgan fingerprint density at radius 3 is 2.77 bits per heavy atom. The first-order chi connectivity index (χ1) is 14.6. The number of aromatic nitrogens is 2. The fourth-order valence-corrected chi connectivity index (χ4v) is 5.66. The van der Waals surface area contributed by atoms with Crippen molar-refractivity contribution < 1.29 is 18.3 Å². The van der Waals surface area contributed by atoms with Crippen molar-refractivity contribution in [1.29, 1.82) is 0 Å². The number of hydrogen-bond acceptors (Lipinski definition) is 6. The van der Waals surface area contributed by atoms with Gasteiger partial charge in [-0.3, -0.25) is 9.59 Å². The second-order valence-corrected chi connectivity index (χ2v) is 9.89. The Labute approximate surface area is 189 Å². The summed E-state index contributed by atoms with van der Waals surface area (Å²) in [4.78, 5) is 24.5. The molecule has 0 spiro atoms. The molecular formula is C19H22Cl2N4O5S. The zero-order valence-electron chi connectivity index (χ0n) is 16.7. The van der Waals surface area contributed by atoms with Gasteiger partial charge in [-0.05, 0) is 37.5 Å². The summed E-state index contributed by atoms with van der Waals surface area (Å²) < 4.78 is 28.7. The van der Waals surface area contributed by atoms with Crippen molar-refractivity contribution >= 4 is 44.8 Å². The van der Waals surface area contributed by atoms with E-state index >= 15 is 0 Å². The van der Waals surface area contributed by atoms with E-state index in [1.165, 1.54) is 10.4 Å². The van der Waals surface area contributed by atoms with Crippen LogP contribution in [-0.2, 0) is 21.4 Å². The van der Waals surface area contributed by atoms with Crippen LogP contribution in [0.3, 0.4) is 0 Å². The molecule has 168 valence electrons. The molecule has 0 unspecified atom stereocenters. The van der Waals surface area contributed by atoms with Gasteiger partial charge in [-0.15, -0.1) is 0 Å². The van der Waals surface area contributed by atoms with E-state index in [0.29, 0.717) is 18.5 Å². The molecular weight excluding hydrogens is 467 g/mol. The number of anilines is 1. The van der Waals surface area contributed by atoms with Gasteiger partial charge in [-0.1, -0.05) is 35.7 Å². The Bertz CT molecular complexity index is 1150. The molecule has 1 aliphatic heterocycles. The summed E-state index contributed by atoms with van der Waals surface area (Å²) in [5.74, 6) is -0.591. The molecule has 1 saturated heterocycles. The molecule has 0 radical (unpaired) electrons. The standard InChI is InChI=1S/C19H22Cl2N4O5S/c1-12-5-6-13(23-17(27)10-24-19(28)18(21)15(20)9-22-24)8-16(12)31(29,30)25-7-3-2-4-14(25)11-26/h5-6,8-9,14,26H,2-4,7,10-11H2,1H3,(H,23,27)/t14-/m1/s1. The maximum atomic E-state index is 13.2. The summed E-state index contributed by atoms with van der Waals surface area (Å²) in [6.07, 6.45) is 3.33. The van der Waals surface area contributed by atoms with Gasteiger partial charge in [-0.2, -0.15) is 9.40 Å². The molecule has 31 heavy (non-hydrogen) atoms. The van der Waals surface area contributed by atoms with E-state index in [9.17, 15) is 23.1 Å². The number of aliphatic hydroxyl groups excluding tert-OH is 1. The molecule has 1 amide bonds. The maximum absolute atomic E-state index is 13.2. The average molecular weight is 489 g/mol. The number of aryl methyl sites for hydroxylation is 1. The van der Waals surface area contributed by atoms with E-state index in [1.54, 1.807) is 19.1 Å². The Hall–Kier alpha value is -1.98. The van der Waals surface area contributed by atoms with Gasteiger partial charge in [0.25, 0.3) is 5.56 Å². The first kappa shape index (κ1) is 23.7. The first-order valence-corrected chi connectivity index (χ1v) is 11.8. The molecule has 1 fully saturated rings. The van der Waals surface area contributed by atoms with Crippen molar-refractivity contribution in [3.05, 3.63) is 50.4 Å². The molecule has 2 N–H and O–H groups in total. The van der Waals surface area contributed by atoms with E-state index in [2.05, 4.69) is 10.4 Å². The molecule has 0 aliphatic carbocycles. The van der Waals surface area contributed by atoms with Gasteiger partial charge in [0.1, 0.15) is 11.6 Å². The molecule has 1 atom stereocenters. The van der Waals surface area contributed by atoms with Crippen molar-refractivity contribution in [2.45, 2.75) is 43.7 Å². The smallest absolute Gasteiger partial charge is 0.287 e. The Morgan fingerprint density at radius 1 is 1.32 bits per heavy atom. The number of carbonyl (C=O) groups excluding carboxylic acids is 1. The molecule has 12 heteroatoms. The van der Waals surface area contributed by atoms with Crippen LogP contribution < -0.4 is 10.9 Å². The summed E-state index contributed by atoms with van der Waals surface area (Å²) in [5, 5.41) is 15.7. The maximum Gasteiger partial charge on any atom is 0.287 e. The minimum atomic E-state index is -3.87. The second-order valence-electron chi connectivity index (χ2n) is 7.25. The topological polar surface area (TPSA) is 122 Å². The molecule has 9 nitrogen and oxygen atoms in total. The third-order valence-electron chi connectivity index (χ3n) is 5.08. The van der Waals surface area contributed by atoms with Gasteiger partial charge in [0.2, 0.25) is 15.9 Å². The molecule has 1 aromatic heterocycles. The van der Waals surface area contributed by atoms with Crippen LogP contribution in [0.1, 0.15) is 24.8 Å². The minimum absolute atomic E-state index is 0.0180. The van der Waals surface area contributed by atoms with Crippen LogP contribution in [0.15, 0.2) is 34.1 Å². The van der Waals surface area contributed by atoms with Gasteiger partial charge < -0.3 is 10.4 Å². The van der Waals surface area contributed by atoms with E-state index in [-0.39, 0.29) is 27.2 Å². The van der Waals surface area contributed by atoms with Gasteiger partial charge in [0.05, 0.1) is 22.7 Å². The number of rotatable bonds is 6. The number of piperidine rings is 1. The predicted octanol–water partition coefficient (Wildman–Crippen LogP) is 2.03. The van der Waals surface area contributed by atoms with Gasteiger partial charge in [0, 0.05) is 18.3 Å². The van der Waals surface area contributed by atoms with Crippen LogP contribution in [0.25, 0.3) is 0 Å². The predicted molar refractivity (Wildman–Crippen MR) is 117 cm³/mol. The lowest BCUT2D eigenvalue weighted by Gasteiger charge is -2.33. The molecule has 0 saturated carbocycles. The SMILES string of the molecule is Cc1ccc(NC(=O)Cn2ncc(Cl)c(Cl)c2=O)cc1S(=O)(=O)N1CCCC[C@@H]1CO. The number of carbonyl (C=O) groups is 1. The molecule has 0 bridgehead atoms. The van der Waals surface area contributed by atoms with Crippen molar-refractivity contribution in [3.8, 4) is 0 Å². The van der Waals surface area contributed by atoms with Gasteiger partial charge in [-0.25, -0.2) is 13.1 Å². The molecule has 2 aromatic rings. The average Bonchev–Trinajstić information content (AvgIpc) is 2.75. The van der Waals surface area contributed by atoms with E-state index in [1.807, 2.05) is 0 Å². The van der Waals surface area contributed by atoms with E-state index in [0.717, 1.165) is 23.7 Å². The van der Waals surface area contributed by atoms with Gasteiger partial charge >= 0.3 is 0 Å². The number of benzene rings is 1. The lowest BCUT2D eigenvalue weighted by Crippen LogP contribution is -2.45. The summed E-state index contributed by atoms with van der Waals surface area (Å²) >= 11 is 11.5. The van der Waals surface area contributed by atoms with Crippen LogP contribution >= 0.6 is 23.2 Å². The number of amides is 1. The van der Waals surface area contributed by atoms with Crippen LogP contribution in [-0.4, -0.2) is 52.7 Å². The van der Waals surface area contributed by atoms with Crippen LogP contribution in [0.4, 0.5) is 5.69 Å². The number of aliphatic hydroxyl groups is 1. The van der Waals surface area contributed by atoms with Crippen molar-refractivity contribution in [2.24, 2.45) is 0 Å². The highest BCUT2D eigenvalue weighted by Crippen LogP contribution is 2.29. The number of nitrogens with zero attached hydrogens (tertiary/aromatic N) is 3. The molecule has 3 rings (SSSR count). The lowest BCUT2D eigenvalue weighted by atomic mass is 10.1. The zero-order valence-corrected chi connectivity index (χ0v) is 19.0. The minimum Gasteiger partial charge on any atom is -0.395 e. The van der Waals surface area contributed by atoms with Crippen LogP contribution in [0.2, 0.25) is 10.0 Å². The summed E-state index contributed by atoms with van der Waals surface area (Å²) in [7, 11) is -3.87. The zero-order chi connectivity index (χ0) is 22.8. The highest BCUT2D eigenvalue weighted by Gasteiger charge is 2.34. The quantitative estimate of drug-likeness (QED) is 0.641. The third-order valence-corrected chi connectivity index (χ3v) is 7.92. The summed E-state index contributed by atoms with van der Waals surface area (Å²) in [6.45, 7) is 1.32. The molecule has 1 aliphatic rings. The molecule has 2 heterocycles. The Morgan fingerprint density at radius 2 is 2.06 bits per heavy atom. The van der Waals surface area contributed by atoms with E-state index < -0.39 is 34.1 Å². The number of halogens is 2. The summed E-state index contributed by atoms with van der Waals surface area (Å²) in [5.41, 5.74) is 0.0547. The number of nitrogens with one attached hydrogen (secondary N) is 1. The largest absolute Gasteiger partial charge is 0.395 e. The summed E-state index contributed by atoms with van der Waals surface area (Å²) in [6, 6.07) is 4.06.